The molecule has 1 aliphatic rings. The summed E-state index contributed by atoms with van der Waals surface area (Å²) in [4.78, 5) is 15.6. The maximum absolute atomic E-state index is 11.2. The number of carbonyl (C=O) groups excluding carboxylic acids is 1. The lowest BCUT2D eigenvalue weighted by molar-refractivity contribution is -0.117. The summed E-state index contributed by atoms with van der Waals surface area (Å²) in [5, 5.41) is 6.27. The molecule has 4 heteroatoms. The third-order valence-corrected chi connectivity index (χ3v) is 2.61. The highest BCUT2D eigenvalue weighted by molar-refractivity contribution is 6.26. The van der Waals surface area contributed by atoms with Crippen LogP contribution in [0.1, 0.15) is 26.7 Å². The van der Waals surface area contributed by atoms with E-state index >= 15 is 0 Å². The Morgan fingerprint density at radius 1 is 1.69 bits per heavy atom. The standard InChI is InChI=1S/C9H16N2O2/c1-9(2)5-4-7(9)11-8(12)6-10-13-3/h6-7H,4-5H2,1-3H3,(H,11,12)/b10-6+. The summed E-state index contributed by atoms with van der Waals surface area (Å²) in [7, 11) is 1.41. The average Bonchev–Trinajstić information content (AvgIpc) is 2.09. The van der Waals surface area contributed by atoms with E-state index in [-0.39, 0.29) is 17.4 Å². The largest absolute Gasteiger partial charge is 0.399 e. The molecule has 1 amide bonds. The molecule has 4 nitrogen and oxygen atoms in total. The molecule has 0 aromatic carbocycles. The second-order valence-electron chi connectivity index (χ2n) is 4.01. The van der Waals surface area contributed by atoms with Gasteiger partial charge >= 0.3 is 0 Å². The van der Waals surface area contributed by atoms with Crippen molar-refractivity contribution in [1.29, 1.82) is 0 Å². The Morgan fingerprint density at radius 2 is 2.38 bits per heavy atom. The van der Waals surface area contributed by atoms with E-state index in [2.05, 4.69) is 29.2 Å². The average molecular weight is 184 g/mol. The second-order valence-corrected chi connectivity index (χ2v) is 4.01. The van der Waals surface area contributed by atoms with Gasteiger partial charge in [0, 0.05) is 6.04 Å². The maximum atomic E-state index is 11.2. The highest BCUT2D eigenvalue weighted by Crippen LogP contribution is 2.39. The molecule has 0 bridgehead atoms. The Hall–Kier alpha value is -1.06. The van der Waals surface area contributed by atoms with Crippen molar-refractivity contribution in [3.63, 3.8) is 0 Å². The molecule has 0 heterocycles. The number of nitrogens with one attached hydrogen (secondary N) is 1. The molecule has 1 aliphatic carbocycles. The molecule has 0 saturated heterocycles. The maximum Gasteiger partial charge on any atom is 0.266 e. The summed E-state index contributed by atoms with van der Waals surface area (Å²) in [6.07, 6.45) is 3.38. The van der Waals surface area contributed by atoms with Crippen molar-refractivity contribution in [2.24, 2.45) is 10.6 Å². The van der Waals surface area contributed by atoms with Crippen molar-refractivity contribution in [2.75, 3.05) is 7.11 Å². The van der Waals surface area contributed by atoms with E-state index in [0.717, 1.165) is 12.6 Å². The van der Waals surface area contributed by atoms with E-state index in [1.165, 1.54) is 13.5 Å². The Morgan fingerprint density at radius 3 is 2.77 bits per heavy atom. The van der Waals surface area contributed by atoms with Crippen LogP contribution in [0.15, 0.2) is 5.16 Å². The summed E-state index contributed by atoms with van der Waals surface area (Å²) in [5.74, 6) is -0.181. The number of carbonyl (C=O) groups is 1. The molecule has 0 aliphatic heterocycles. The lowest BCUT2D eigenvalue weighted by Gasteiger charge is -2.44. The SMILES string of the molecule is CO/N=C/C(=O)NC1CCC1(C)C. The van der Waals surface area contributed by atoms with E-state index in [4.69, 9.17) is 0 Å². The second kappa shape index (κ2) is 3.77. The molecule has 1 atom stereocenters. The first-order valence-electron chi connectivity index (χ1n) is 4.43. The lowest BCUT2D eigenvalue weighted by atomic mass is 9.67. The number of hydrogen-bond donors (Lipinski definition) is 1. The Balaban J connectivity index is 2.33. The molecule has 1 unspecified atom stereocenters. The third-order valence-electron chi connectivity index (χ3n) is 2.61. The fraction of sp³-hybridized carbons (Fsp3) is 0.778. The van der Waals surface area contributed by atoms with Crippen LogP contribution in [0.3, 0.4) is 0 Å². The first kappa shape index (κ1) is 10.0. The van der Waals surface area contributed by atoms with Crippen LogP contribution in [-0.2, 0) is 9.63 Å². The first-order chi connectivity index (χ1) is 6.06. The monoisotopic (exact) mass is 184 g/mol. The molecular formula is C9H16N2O2. The van der Waals surface area contributed by atoms with Gasteiger partial charge in [-0.2, -0.15) is 0 Å². The summed E-state index contributed by atoms with van der Waals surface area (Å²) >= 11 is 0. The zero-order valence-corrected chi connectivity index (χ0v) is 8.33. The van der Waals surface area contributed by atoms with Crippen molar-refractivity contribution in [1.82, 2.24) is 5.32 Å². The molecule has 0 aromatic rings. The zero-order chi connectivity index (χ0) is 9.90. The number of hydrogen-bond acceptors (Lipinski definition) is 3. The van der Waals surface area contributed by atoms with Crippen molar-refractivity contribution in [3.8, 4) is 0 Å². The van der Waals surface area contributed by atoms with Gasteiger partial charge in [-0.05, 0) is 18.3 Å². The van der Waals surface area contributed by atoms with Gasteiger partial charge < -0.3 is 10.2 Å². The van der Waals surface area contributed by atoms with Crippen molar-refractivity contribution in [3.05, 3.63) is 0 Å². The van der Waals surface area contributed by atoms with Gasteiger partial charge in [0.25, 0.3) is 5.91 Å². The number of nitrogens with zero attached hydrogens (tertiary/aromatic N) is 1. The summed E-state index contributed by atoms with van der Waals surface area (Å²) in [6, 6.07) is 0.281. The smallest absolute Gasteiger partial charge is 0.266 e. The minimum atomic E-state index is -0.181. The summed E-state index contributed by atoms with van der Waals surface area (Å²) in [5.41, 5.74) is 0.233. The number of rotatable bonds is 3. The third kappa shape index (κ3) is 2.44. The van der Waals surface area contributed by atoms with Crippen LogP contribution in [0, 0.1) is 5.41 Å². The normalized spacial score (nSPS) is 25.3. The van der Waals surface area contributed by atoms with Crippen LogP contribution in [-0.4, -0.2) is 25.3 Å². The fourth-order valence-electron chi connectivity index (χ4n) is 1.44. The van der Waals surface area contributed by atoms with Crippen LogP contribution in [0.25, 0.3) is 0 Å². The van der Waals surface area contributed by atoms with Gasteiger partial charge in [0.05, 0.1) is 0 Å². The van der Waals surface area contributed by atoms with E-state index in [9.17, 15) is 4.79 Å². The van der Waals surface area contributed by atoms with Gasteiger partial charge in [0.15, 0.2) is 0 Å². The van der Waals surface area contributed by atoms with Crippen molar-refractivity contribution in [2.45, 2.75) is 32.7 Å². The molecule has 74 valence electrons. The van der Waals surface area contributed by atoms with Crippen LogP contribution in [0.2, 0.25) is 0 Å². The van der Waals surface area contributed by atoms with Crippen LogP contribution in [0.5, 0.6) is 0 Å². The number of oxime groups is 1. The van der Waals surface area contributed by atoms with E-state index < -0.39 is 0 Å². The predicted octanol–water partition coefficient (Wildman–Crippen LogP) is 0.923. The van der Waals surface area contributed by atoms with Crippen molar-refractivity contribution < 1.29 is 9.63 Å². The molecule has 1 fully saturated rings. The highest BCUT2D eigenvalue weighted by atomic mass is 16.6. The molecule has 1 saturated carbocycles. The van der Waals surface area contributed by atoms with Gasteiger partial charge in [-0.3, -0.25) is 4.79 Å². The van der Waals surface area contributed by atoms with Crippen LogP contribution in [0.4, 0.5) is 0 Å². The van der Waals surface area contributed by atoms with E-state index in [0.29, 0.717) is 0 Å². The van der Waals surface area contributed by atoms with Gasteiger partial charge in [-0.15, -0.1) is 0 Å². The van der Waals surface area contributed by atoms with Gasteiger partial charge in [0.1, 0.15) is 13.3 Å². The number of amides is 1. The highest BCUT2D eigenvalue weighted by Gasteiger charge is 2.38. The molecule has 1 N–H and O–H groups in total. The summed E-state index contributed by atoms with van der Waals surface area (Å²) < 4.78 is 0. The molecule has 13 heavy (non-hydrogen) atoms. The van der Waals surface area contributed by atoms with Crippen LogP contribution < -0.4 is 5.32 Å². The fourth-order valence-corrected chi connectivity index (χ4v) is 1.44. The Bertz CT molecular complexity index is 224. The summed E-state index contributed by atoms with van der Waals surface area (Å²) in [6.45, 7) is 4.30. The first-order valence-corrected chi connectivity index (χ1v) is 4.43. The van der Waals surface area contributed by atoms with Crippen molar-refractivity contribution >= 4 is 12.1 Å². The molecule has 1 rings (SSSR count). The van der Waals surface area contributed by atoms with Gasteiger partial charge in [-0.25, -0.2) is 0 Å². The minimum absolute atomic E-state index is 0.181. The lowest BCUT2D eigenvalue weighted by Crippen LogP contribution is -2.52. The van der Waals surface area contributed by atoms with Gasteiger partial charge in [-0.1, -0.05) is 19.0 Å². The van der Waals surface area contributed by atoms with E-state index in [1.54, 1.807) is 0 Å². The molecule has 0 aromatic heterocycles. The van der Waals surface area contributed by atoms with Crippen LogP contribution >= 0.6 is 0 Å². The predicted molar refractivity (Wildman–Crippen MR) is 50.4 cm³/mol. The quantitative estimate of drug-likeness (QED) is 0.524. The molecule has 0 radical (unpaired) electrons. The molecule has 0 spiro atoms. The molecular weight excluding hydrogens is 168 g/mol. The van der Waals surface area contributed by atoms with Gasteiger partial charge in [0.2, 0.25) is 0 Å². The van der Waals surface area contributed by atoms with E-state index in [1.807, 2.05) is 0 Å². The zero-order valence-electron chi connectivity index (χ0n) is 8.33. The minimum Gasteiger partial charge on any atom is -0.399 e. The topological polar surface area (TPSA) is 50.7 Å². The Kier molecular flexibility index (Phi) is 2.90. The Labute approximate surface area is 78.3 Å².